The van der Waals surface area contributed by atoms with Crippen molar-refractivity contribution in [1.82, 2.24) is 0 Å². The number of allylic oxidation sites excluding steroid dienone is 3. The molecule has 1 heteroatoms. The molecule has 1 nitrogen and oxygen atoms in total. The molecule has 0 rings (SSSR count). The summed E-state index contributed by atoms with van der Waals surface area (Å²) in [5, 5.41) is 11.0. The second-order valence-electron chi connectivity index (χ2n) is 3.12. The van der Waals surface area contributed by atoms with E-state index in [-0.39, 0.29) is 0 Å². The second-order valence-corrected chi connectivity index (χ2v) is 3.12. The van der Waals surface area contributed by atoms with E-state index < -0.39 is 5.60 Å². The van der Waals surface area contributed by atoms with Crippen molar-refractivity contribution in [3.05, 3.63) is 24.3 Å². The minimum absolute atomic E-state index is 0.875. The smallest absolute Gasteiger partial charge is 0.116 e. The van der Waals surface area contributed by atoms with Crippen molar-refractivity contribution in [3.63, 3.8) is 0 Å². The molecular weight excluding hydrogens is 136 g/mol. The van der Waals surface area contributed by atoms with Crippen LogP contribution in [0.4, 0.5) is 0 Å². The van der Waals surface area contributed by atoms with Gasteiger partial charge >= 0.3 is 0 Å². The molecule has 11 heavy (non-hydrogen) atoms. The third kappa shape index (κ3) is 9.44. The first-order valence-electron chi connectivity index (χ1n) is 4.09. The van der Waals surface area contributed by atoms with Crippen LogP contribution < -0.4 is 0 Å². The van der Waals surface area contributed by atoms with E-state index in [4.69, 9.17) is 0 Å². The third-order valence-corrected chi connectivity index (χ3v) is 1.19. The minimum atomic E-state index is -0.917. The first kappa shape index (κ1) is 10.4. The fourth-order valence-electron chi connectivity index (χ4n) is 0.693. The van der Waals surface area contributed by atoms with Crippen molar-refractivity contribution < 1.29 is 5.11 Å². The zero-order valence-corrected chi connectivity index (χ0v) is 7.63. The van der Waals surface area contributed by atoms with Crippen LogP contribution in [0.15, 0.2) is 24.3 Å². The fraction of sp³-hybridized carbons (Fsp3) is 0.600. The lowest BCUT2D eigenvalue weighted by Gasteiger charge is -2.05. The molecule has 0 aromatic carbocycles. The molecule has 0 aliphatic rings. The molecule has 0 aliphatic heterocycles. The molecule has 0 heterocycles. The van der Waals surface area contributed by atoms with Gasteiger partial charge in [0.1, 0.15) is 5.60 Å². The van der Waals surface area contributed by atoms with Gasteiger partial charge in [-0.1, -0.05) is 31.2 Å². The Morgan fingerprint density at radius 2 is 1.82 bits per heavy atom. The molecule has 0 unspecified atom stereocenters. The van der Waals surface area contributed by atoms with Crippen LogP contribution in [0, 0.1) is 0 Å². The maximum absolute atomic E-state index is 11.0. The molecule has 0 fully saturated rings. The topological polar surface area (TPSA) is 19.9 Å². The first-order chi connectivity index (χ1) is 5.06. The van der Waals surface area contributed by atoms with Gasteiger partial charge < -0.3 is 0 Å². The van der Waals surface area contributed by atoms with Crippen molar-refractivity contribution in [2.24, 2.45) is 0 Å². The summed E-state index contributed by atoms with van der Waals surface area (Å²) in [5.41, 5.74) is -0.917. The van der Waals surface area contributed by atoms with Crippen LogP contribution in [0.5, 0.6) is 0 Å². The number of hydrogen-bond acceptors (Lipinski definition) is 0. The van der Waals surface area contributed by atoms with E-state index in [2.05, 4.69) is 19.1 Å². The predicted octanol–water partition coefficient (Wildman–Crippen LogP) is 3.11. The predicted molar refractivity (Wildman–Crippen MR) is 48.0 cm³/mol. The Bertz CT molecular complexity index is 137. The average molecular weight is 153 g/mol. The van der Waals surface area contributed by atoms with Gasteiger partial charge in [0.25, 0.3) is 0 Å². The Labute approximate surface area is 69.4 Å². The Morgan fingerprint density at radius 3 is 2.27 bits per heavy atom. The highest BCUT2D eigenvalue weighted by molar-refractivity contribution is 4.99. The summed E-state index contributed by atoms with van der Waals surface area (Å²) in [7, 11) is 0. The summed E-state index contributed by atoms with van der Waals surface area (Å²) in [6.07, 6.45) is 9.73. The van der Waals surface area contributed by atoms with Gasteiger partial charge in [-0.25, -0.2) is 5.11 Å². The maximum Gasteiger partial charge on any atom is 0.116 e. The molecule has 0 saturated heterocycles. The van der Waals surface area contributed by atoms with Crippen LogP contribution in [0.3, 0.4) is 0 Å². The first-order valence-corrected chi connectivity index (χ1v) is 4.09. The maximum atomic E-state index is 11.0. The molecular formula is C10H17O. The van der Waals surface area contributed by atoms with Crippen LogP contribution in [0.25, 0.3) is 0 Å². The Morgan fingerprint density at radius 1 is 1.18 bits per heavy atom. The Balaban J connectivity index is 3.53. The quantitative estimate of drug-likeness (QED) is 0.553. The molecule has 0 aliphatic carbocycles. The standard InChI is InChI=1S/C10H17O/c1-4-5-6-7-8-9-10(2,3)11/h5-6,8-9H,4,7H2,1-3H3. The zero-order chi connectivity index (χ0) is 8.74. The van der Waals surface area contributed by atoms with Crippen molar-refractivity contribution >= 4 is 0 Å². The summed E-state index contributed by atoms with van der Waals surface area (Å²) in [4.78, 5) is 0. The van der Waals surface area contributed by atoms with Crippen molar-refractivity contribution in [2.45, 2.75) is 39.2 Å². The van der Waals surface area contributed by atoms with Gasteiger partial charge in [0.2, 0.25) is 0 Å². The lowest BCUT2D eigenvalue weighted by atomic mass is 10.1. The lowest BCUT2D eigenvalue weighted by molar-refractivity contribution is 0.0488. The SMILES string of the molecule is CCC=CCC=CC(C)(C)[O]. The van der Waals surface area contributed by atoms with Crippen LogP contribution in [0.2, 0.25) is 0 Å². The summed E-state index contributed by atoms with van der Waals surface area (Å²) < 4.78 is 0. The molecule has 0 spiro atoms. The monoisotopic (exact) mass is 153 g/mol. The number of hydrogen-bond donors (Lipinski definition) is 0. The highest BCUT2D eigenvalue weighted by atomic mass is 16.3. The fourth-order valence-corrected chi connectivity index (χ4v) is 0.693. The van der Waals surface area contributed by atoms with E-state index in [1.165, 1.54) is 0 Å². The highest BCUT2D eigenvalue weighted by Gasteiger charge is 2.07. The van der Waals surface area contributed by atoms with Crippen molar-refractivity contribution in [2.75, 3.05) is 0 Å². The van der Waals surface area contributed by atoms with Crippen LogP contribution in [0.1, 0.15) is 33.6 Å². The molecule has 0 saturated carbocycles. The molecule has 0 aromatic heterocycles. The normalized spacial score (nSPS) is 13.5. The van der Waals surface area contributed by atoms with Gasteiger partial charge in [-0.3, -0.25) is 0 Å². The highest BCUT2D eigenvalue weighted by Crippen LogP contribution is 2.04. The van der Waals surface area contributed by atoms with Crippen molar-refractivity contribution in [3.8, 4) is 0 Å². The van der Waals surface area contributed by atoms with E-state index in [9.17, 15) is 5.11 Å². The molecule has 63 valence electrons. The second kappa shape index (κ2) is 5.14. The zero-order valence-electron chi connectivity index (χ0n) is 7.63. The Hall–Kier alpha value is -0.560. The van der Waals surface area contributed by atoms with E-state index >= 15 is 0 Å². The largest absolute Gasteiger partial charge is 0.226 e. The van der Waals surface area contributed by atoms with Crippen LogP contribution in [-0.4, -0.2) is 5.60 Å². The molecule has 0 atom stereocenters. The van der Waals surface area contributed by atoms with Crippen LogP contribution in [-0.2, 0) is 5.11 Å². The molecule has 0 amide bonds. The average Bonchev–Trinajstić information content (AvgIpc) is 1.85. The van der Waals surface area contributed by atoms with Gasteiger partial charge in [-0.05, 0) is 26.7 Å². The molecule has 0 bridgehead atoms. The van der Waals surface area contributed by atoms with Crippen LogP contribution >= 0.6 is 0 Å². The molecule has 1 radical (unpaired) electrons. The van der Waals surface area contributed by atoms with Gasteiger partial charge in [0, 0.05) is 0 Å². The summed E-state index contributed by atoms with van der Waals surface area (Å²) in [6.45, 7) is 5.41. The van der Waals surface area contributed by atoms with Gasteiger partial charge in [0.05, 0.1) is 0 Å². The summed E-state index contributed by atoms with van der Waals surface area (Å²) in [6, 6.07) is 0. The summed E-state index contributed by atoms with van der Waals surface area (Å²) in [5.74, 6) is 0. The molecule has 0 aromatic rings. The van der Waals surface area contributed by atoms with Gasteiger partial charge in [-0.2, -0.15) is 0 Å². The number of rotatable bonds is 4. The minimum Gasteiger partial charge on any atom is -0.226 e. The van der Waals surface area contributed by atoms with Crippen molar-refractivity contribution in [1.29, 1.82) is 0 Å². The Kier molecular flexibility index (Phi) is 4.88. The van der Waals surface area contributed by atoms with E-state index in [0.29, 0.717) is 0 Å². The lowest BCUT2D eigenvalue weighted by Crippen LogP contribution is -2.10. The third-order valence-electron chi connectivity index (χ3n) is 1.19. The summed E-state index contributed by atoms with van der Waals surface area (Å²) >= 11 is 0. The molecule has 0 N–H and O–H groups in total. The van der Waals surface area contributed by atoms with Gasteiger partial charge in [0.15, 0.2) is 0 Å². The van der Waals surface area contributed by atoms with Gasteiger partial charge in [-0.15, -0.1) is 0 Å². The van der Waals surface area contributed by atoms with E-state index in [0.717, 1.165) is 12.8 Å². The van der Waals surface area contributed by atoms with E-state index in [1.807, 2.05) is 6.08 Å². The van der Waals surface area contributed by atoms with E-state index in [1.54, 1.807) is 19.9 Å².